The molecule has 2 aromatic rings. The van der Waals surface area contributed by atoms with E-state index in [0.29, 0.717) is 12.2 Å². The van der Waals surface area contributed by atoms with Crippen LogP contribution >= 0.6 is 59.1 Å². The highest BCUT2D eigenvalue weighted by molar-refractivity contribution is 7.23. The fraction of sp³-hybridized carbons (Fsp3) is 0.273. The summed E-state index contributed by atoms with van der Waals surface area (Å²) >= 11 is 8.78. The maximum Gasteiger partial charge on any atom is 0.270 e. The standard InChI is InChI=1S/C11H12ClN3OS2.2ClH/c1-13-4-5-14-10(16)7-6-17-11(15-7)8-2-3-9(12)18-8;;/h2-3,6,13H,4-5H2,1H3,(H,14,16);2*1H. The molecule has 0 saturated carbocycles. The van der Waals surface area contributed by atoms with Gasteiger partial charge in [0.25, 0.3) is 5.91 Å². The molecule has 2 rings (SSSR count). The SMILES string of the molecule is CNCCNC(=O)c1csc(-c2ccc(Cl)s2)n1.Cl.Cl. The Morgan fingerprint density at radius 2 is 2.10 bits per heavy atom. The third-order valence-electron chi connectivity index (χ3n) is 2.18. The van der Waals surface area contributed by atoms with Crippen LogP contribution in [0.5, 0.6) is 0 Å². The van der Waals surface area contributed by atoms with Crippen molar-refractivity contribution in [1.29, 1.82) is 0 Å². The van der Waals surface area contributed by atoms with Crippen molar-refractivity contribution in [3.8, 4) is 9.88 Å². The Labute approximate surface area is 142 Å². The van der Waals surface area contributed by atoms with E-state index in [1.807, 2.05) is 19.2 Å². The van der Waals surface area contributed by atoms with E-state index in [1.165, 1.54) is 22.7 Å². The van der Waals surface area contributed by atoms with E-state index in [0.717, 1.165) is 20.8 Å². The molecule has 0 spiro atoms. The van der Waals surface area contributed by atoms with Crippen LogP contribution in [0.4, 0.5) is 0 Å². The molecule has 112 valence electrons. The molecule has 2 N–H and O–H groups in total. The minimum atomic E-state index is -0.143. The van der Waals surface area contributed by atoms with Crippen molar-refractivity contribution in [1.82, 2.24) is 15.6 Å². The van der Waals surface area contributed by atoms with Crippen LogP contribution in [0.3, 0.4) is 0 Å². The van der Waals surface area contributed by atoms with Crippen molar-refractivity contribution in [2.24, 2.45) is 0 Å². The first kappa shape index (κ1) is 19.6. The maximum atomic E-state index is 11.8. The number of nitrogens with one attached hydrogen (secondary N) is 2. The minimum absolute atomic E-state index is 0. The van der Waals surface area contributed by atoms with E-state index in [4.69, 9.17) is 11.6 Å². The number of hydrogen-bond donors (Lipinski definition) is 2. The number of carbonyl (C=O) groups excluding carboxylic acids is 1. The molecule has 0 radical (unpaired) electrons. The predicted molar refractivity (Wildman–Crippen MR) is 91.2 cm³/mol. The van der Waals surface area contributed by atoms with Crippen LogP contribution in [0.1, 0.15) is 10.5 Å². The molecule has 0 aliphatic heterocycles. The Morgan fingerprint density at radius 3 is 2.70 bits per heavy atom. The van der Waals surface area contributed by atoms with Gasteiger partial charge in [0.15, 0.2) is 0 Å². The van der Waals surface area contributed by atoms with Gasteiger partial charge in [-0.3, -0.25) is 4.79 Å². The van der Waals surface area contributed by atoms with Crippen LogP contribution in [0, 0.1) is 0 Å². The lowest BCUT2D eigenvalue weighted by Gasteiger charge is -2.01. The molecule has 1 amide bonds. The van der Waals surface area contributed by atoms with Crippen LogP contribution in [0.25, 0.3) is 9.88 Å². The van der Waals surface area contributed by atoms with Crippen LogP contribution < -0.4 is 10.6 Å². The number of rotatable bonds is 5. The second-order valence-corrected chi connectivity index (χ2v) is 6.07. The summed E-state index contributed by atoms with van der Waals surface area (Å²) in [4.78, 5) is 17.0. The Balaban J connectivity index is 0.00000180. The fourth-order valence-electron chi connectivity index (χ4n) is 1.31. The van der Waals surface area contributed by atoms with Crippen molar-refractivity contribution >= 4 is 65.0 Å². The van der Waals surface area contributed by atoms with Gasteiger partial charge in [-0.2, -0.15) is 0 Å². The van der Waals surface area contributed by atoms with Crippen LogP contribution in [0.2, 0.25) is 4.34 Å². The van der Waals surface area contributed by atoms with E-state index < -0.39 is 0 Å². The topological polar surface area (TPSA) is 54.0 Å². The summed E-state index contributed by atoms with van der Waals surface area (Å²) in [7, 11) is 1.84. The van der Waals surface area contributed by atoms with Crippen molar-refractivity contribution in [3.05, 3.63) is 27.5 Å². The average molecular weight is 375 g/mol. The second kappa shape index (κ2) is 9.55. The van der Waals surface area contributed by atoms with Crippen LogP contribution in [-0.2, 0) is 0 Å². The van der Waals surface area contributed by atoms with Gasteiger partial charge >= 0.3 is 0 Å². The second-order valence-electron chi connectivity index (χ2n) is 3.50. The molecule has 20 heavy (non-hydrogen) atoms. The van der Waals surface area contributed by atoms with Gasteiger partial charge in [0.1, 0.15) is 10.7 Å². The van der Waals surface area contributed by atoms with Crippen molar-refractivity contribution in [2.45, 2.75) is 0 Å². The Kier molecular flexibility index (Phi) is 9.37. The Bertz CT molecular complexity index is 545. The molecular weight excluding hydrogens is 361 g/mol. The van der Waals surface area contributed by atoms with Crippen molar-refractivity contribution in [3.63, 3.8) is 0 Å². The molecule has 0 fully saturated rings. The molecule has 0 aromatic carbocycles. The molecule has 0 aliphatic rings. The van der Waals surface area contributed by atoms with E-state index in [9.17, 15) is 4.79 Å². The van der Waals surface area contributed by atoms with E-state index in [-0.39, 0.29) is 30.7 Å². The lowest BCUT2D eigenvalue weighted by Crippen LogP contribution is -2.30. The molecule has 0 atom stereocenters. The zero-order valence-electron chi connectivity index (χ0n) is 10.5. The zero-order chi connectivity index (χ0) is 13.0. The fourth-order valence-corrected chi connectivity index (χ4v) is 3.23. The molecule has 2 aromatic heterocycles. The van der Waals surface area contributed by atoms with Crippen molar-refractivity contribution < 1.29 is 4.79 Å². The summed E-state index contributed by atoms with van der Waals surface area (Å²) in [6.07, 6.45) is 0. The lowest BCUT2D eigenvalue weighted by atomic mass is 10.4. The number of aromatic nitrogens is 1. The Hall–Kier alpha value is -0.370. The first-order valence-electron chi connectivity index (χ1n) is 5.34. The molecule has 0 unspecified atom stereocenters. The van der Waals surface area contributed by atoms with Gasteiger partial charge in [-0.05, 0) is 19.2 Å². The molecule has 2 heterocycles. The first-order valence-corrected chi connectivity index (χ1v) is 7.42. The van der Waals surface area contributed by atoms with Gasteiger partial charge in [-0.1, -0.05) is 11.6 Å². The lowest BCUT2D eigenvalue weighted by molar-refractivity contribution is 0.0950. The highest BCUT2D eigenvalue weighted by Crippen LogP contribution is 2.32. The van der Waals surface area contributed by atoms with Gasteiger partial charge in [0.2, 0.25) is 0 Å². The number of likely N-dealkylation sites (N-methyl/N-ethyl adjacent to an activating group) is 1. The Morgan fingerprint density at radius 1 is 1.35 bits per heavy atom. The molecule has 0 saturated heterocycles. The summed E-state index contributed by atoms with van der Waals surface area (Å²) < 4.78 is 0.722. The third-order valence-corrected chi connectivity index (χ3v) is 4.42. The van der Waals surface area contributed by atoms with Crippen LogP contribution in [0.15, 0.2) is 17.5 Å². The third kappa shape index (κ3) is 5.20. The summed E-state index contributed by atoms with van der Waals surface area (Å²) in [5.41, 5.74) is 0.454. The summed E-state index contributed by atoms with van der Waals surface area (Å²) in [6.45, 7) is 1.33. The molecule has 4 nitrogen and oxygen atoms in total. The van der Waals surface area contributed by atoms with E-state index >= 15 is 0 Å². The smallest absolute Gasteiger partial charge is 0.270 e. The number of amides is 1. The monoisotopic (exact) mass is 373 g/mol. The average Bonchev–Trinajstić information content (AvgIpc) is 2.97. The number of halogens is 3. The van der Waals surface area contributed by atoms with Gasteiger partial charge in [-0.25, -0.2) is 4.98 Å². The molecule has 9 heteroatoms. The summed E-state index contributed by atoms with van der Waals surface area (Å²) in [5, 5.41) is 8.34. The molecular formula is C11H14Cl3N3OS2. The summed E-state index contributed by atoms with van der Waals surface area (Å²) in [5.74, 6) is -0.143. The van der Waals surface area contributed by atoms with E-state index in [1.54, 1.807) is 5.38 Å². The number of thiophene rings is 1. The number of hydrogen-bond acceptors (Lipinski definition) is 5. The van der Waals surface area contributed by atoms with Gasteiger partial charge in [0.05, 0.1) is 9.21 Å². The van der Waals surface area contributed by atoms with E-state index in [2.05, 4.69) is 15.6 Å². The maximum absolute atomic E-state index is 11.8. The number of thiazole rings is 1. The van der Waals surface area contributed by atoms with Gasteiger partial charge in [-0.15, -0.1) is 47.5 Å². The van der Waals surface area contributed by atoms with Gasteiger partial charge < -0.3 is 10.6 Å². The minimum Gasteiger partial charge on any atom is -0.349 e. The molecule has 0 aliphatic carbocycles. The predicted octanol–water partition coefficient (Wildman–Crippen LogP) is 3.32. The normalized spacial score (nSPS) is 9.50. The number of nitrogens with zero attached hydrogens (tertiary/aromatic N) is 1. The highest BCUT2D eigenvalue weighted by atomic mass is 35.5. The molecule has 0 bridgehead atoms. The summed E-state index contributed by atoms with van der Waals surface area (Å²) in [6, 6.07) is 3.74. The highest BCUT2D eigenvalue weighted by Gasteiger charge is 2.12. The quantitative estimate of drug-likeness (QED) is 0.789. The van der Waals surface area contributed by atoms with Gasteiger partial charge in [0, 0.05) is 18.5 Å². The van der Waals surface area contributed by atoms with Crippen LogP contribution in [-0.4, -0.2) is 31.0 Å². The zero-order valence-corrected chi connectivity index (χ0v) is 14.5. The number of carbonyl (C=O) groups is 1. The first-order chi connectivity index (χ1) is 8.70. The largest absolute Gasteiger partial charge is 0.349 e. The van der Waals surface area contributed by atoms with Crippen molar-refractivity contribution in [2.75, 3.05) is 20.1 Å².